The molecule has 4 amide bonds. The van der Waals surface area contributed by atoms with Crippen LogP contribution >= 0.6 is 0 Å². The number of carbonyl (C=O) groups excluding carboxylic acids is 4. The Bertz CT molecular complexity index is 922. The third-order valence-corrected chi connectivity index (χ3v) is 5.44. The van der Waals surface area contributed by atoms with Crippen LogP contribution in [0.1, 0.15) is 30.4 Å². The summed E-state index contributed by atoms with van der Waals surface area (Å²) >= 11 is 0. The highest BCUT2D eigenvalue weighted by Gasteiger charge is 2.57. The largest absolute Gasteiger partial charge is 0.278 e. The van der Waals surface area contributed by atoms with Gasteiger partial charge < -0.3 is 0 Å². The molecule has 28 heavy (non-hydrogen) atoms. The fourth-order valence-electron chi connectivity index (χ4n) is 3.98. The molecule has 0 aliphatic carbocycles. The lowest BCUT2D eigenvalue weighted by atomic mass is 9.76. The van der Waals surface area contributed by atoms with Crippen molar-refractivity contribution in [2.75, 3.05) is 0 Å². The first-order chi connectivity index (χ1) is 13.5. The fourth-order valence-corrected chi connectivity index (χ4v) is 3.98. The molecule has 2 saturated heterocycles. The topological polar surface area (TPSA) is 74.8 Å². The molecule has 0 aromatic heterocycles. The number of nitrogens with zero attached hydrogens (tertiary/aromatic N) is 2. The van der Waals surface area contributed by atoms with Crippen molar-refractivity contribution in [2.24, 2.45) is 5.41 Å². The Kier molecular flexibility index (Phi) is 4.55. The third kappa shape index (κ3) is 3.22. The maximum absolute atomic E-state index is 13.0. The number of carbonyl (C=O) groups is 4. The molecule has 2 fully saturated rings. The van der Waals surface area contributed by atoms with E-state index in [1.165, 1.54) is 9.80 Å². The van der Waals surface area contributed by atoms with Gasteiger partial charge in [0.2, 0.25) is 23.6 Å². The molecular formula is C22H20N2O4. The fraction of sp³-hybridized carbons (Fsp3) is 0.273. The van der Waals surface area contributed by atoms with Crippen molar-refractivity contribution in [2.45, 2.75) is 32.4 Å². The second-order valence-corrected chi connectivity index (χ2v) is 7.44. The first-order valence-corrected chi connectivity index (χ1v) is 9.24. The number of hydrogen-bond donors (Lipinski definition) is 0. The SMILES string of the molecule is O=C1CC2(CC(=O)N1Cc1ccccc1)CC(=O)N(Cc1ccccc1)C2=O. The van der Waals surface area contributed by atoms with E-state index in [4.69, 9.17) is 0 Å². The highest BCUT2D eigenvalue weighted by atomic mass is 16.2. The monoisotopic (exact) mass is 376 g/mol. The van der Waals surface area contributed by atoms with Gasteiger partial charge in [0.25, 0.3) is 0 Å². The van der Waals surface area contributed by atoms with E-state index < -0.39 is 23.1 Å². The maximum atomic E-state index is 13.0. The quantitative estimate of drug-likeness (QED) is 0.768. The normalized spacial score (nSPS) is 19.0. The van der Waals surface area contributed by atoms with Gasteiger partial charge in [-0.25, -0.2) is 0 Å². The Morgan fingerprint density at radius 1 is 0.607 bits per heavy atom. The van der Waals surface area contributed by atoms with E-state index >= 15 is 0 Å². The van der Waals surface area contributed by atoms with Crippen LogP contribution < -0.4 is 0 Å². The van der Waals surface area contributed by atoms with Crippen molar-refractivity contribution >= 4 is 23.6 Å². The molecule has 2 aliphatic heterocycles. The van der Waals surface area contributed by atoms with Crippen molar-refractivity contribution in [3.63, 3.8) is 0 Å². The molecule has 1 spiro atoms. The predicted octanol–water partition coefficient (Wildman–Crippen LogP) is 2.28. The minimum absolute atomic E-state index is 0.0880. The Balaban J connectivity index is 1.52. The number of likely N-dealkylation sites (tertiary alicyclic amines) is 2. The van der Waals surface area contributed by atoms with Crippen LogP contribution in [-0.4, -0.2) is 33.4 Å². The van der Waals surface area contributed by atoms with E-state index in [-0.39, 0.29) is 38.3 Å². The molecule has 4 rings (SSSR count). The summed E-state index contributed by atoms with van der Waals surface area (Å²) in [5, 5.41) is 0. The molecule has 2 aromatic carbocycles. The summed E-state index contributed by atoms with van der Waals surface area (Å²) in [6.45, 7) is 0.348. The minimum Gasteiger partial charge on any atom is -0.278 e. The maximum Gasteiger partial charge on any atom is 0.237 e. The highest BCUT2D eigenvalue weighted by molar-refractivity contribution is 6.12. The Morgan fingerprint density at radius 3 is 1.46 bits per heavy atom. The molecule has 2 aromatic rings. The first-order valence-electron chi connectivity index (χ1n) is 9.24. The van der Waals surface area contributed by atoms with Crippen LogP contribution in [0.15, 0.2) is 60.7 Å². The summed E-state index contributed by atoms with van der Waals surface area (Å²) in [4.78, 5) is 53.3. The summed E-state index contributed by atoms with van der Waals surface area (Å²) < 4.78 is 0. The van der Waals surface area contributed by atoms with Gasteiger partial charge in [-0.15, -0.1) is 0 Å². The van der Waals surface area contributed by atoms with Crippen LogP contribution in [0.2, 0.25) is 0 Å². The Labute approximate surface area is 162 Å². The van der Waals surface area contributed by atoms with Crippen molar-refractivity contribution in [3.05, 3.63) is 71.8 Å². The van der Waals surface area contributed by atoms with Crippen molar-refractivity contribution in [1.82, 2.24) is 9.80 Å². The van der Waals surface area contributed by atoms with E-state index in [1.54, 1.807) is 0 Å². The van der Waals surface area contributed by atoms with Gasteiger partial charge in [0.05, 0.1) is 18.5 Å². The van der Waals surface area contributed by atoms with Gasteiger partial charge in [-0.05, 0) is 11.1 Å². The molecule has 6 nitrogen and oxygen atoms in total. The number of amides is 4. The van der Waals surface area contributed by atoms with Gasteiger partial charge in [-0.2, -0.15) is 0 Å². The van der Waals surface area contributed by atoms with Crippen molar-refractivity contribution in [3.8, 4) is 0 Å². The van der Waals surface area contributed by atoms with Gasteiger partial charge in [0, 0.05) is 19.3 Å². The summed E-state index contributed by atoms with van der Waals surface area (Å²) in [6.07, 6.45) is -0.307. The minimum atomic E-state index is -1.23. The zero-order chi connectivity index (χ0) is 19.7. The van der Waals surface area contributed by atoms with Crippen LogP contribution in [-0.2, 0) is 32.3 Å². The molecule has 142 valence electrons. The number of imide groups is 2. The molecule has 2 heterocycles. The smallest absolute Gasteiger partial charge is 0.237 e. The lowest BCUT2D eigenvalue weighted by Crippen LogP contribution is -2.50. The summed E-state index contributed by atoms with van der Waals surface area (Å²) in [5.41, 5.74) is 0.452. The Morgan fingerprint density at radius 2 is 1.00 bits per heavy atom. The van der Waals surface area contributed by atoms with Gasteiger partial charge in [0.1, 0.15) is 0 Å². The number of hydrogen-bond acceptors (Lipinski definition) is 4. The third-order valence-electron chi connectivity index (χ3n) is 5.44. The zero-order valence-corrected chi connectivity index (χ0v) is 15.3. The van der Waals surface area contributed by atoms with Crippen molar-refractivity contribution < 1.29 is 19.2 Å². The van der Waals surface area contributed by atoms with Crippen LogP contribution in [0.5, 0.6) is 0 Å². The van der Waals surface area contributed by atoms with Gasteiger partial charge in [0.15, 0.2) is 0 Å². The van der Waals surface area contributed by atoms with E-state index in [1.807, 2.05) is 60.7 Å². The molecule has 6 heteroatoms. The van der Waals surface area contributed by atoms with E-state index in [9.17, 15) is 19.2 Å². The molecule has 0 atom stereocenters. The molecule has 0 radical (unpaired) electrons. The lowest BCUT2D eigenvalue weighted by molar-refractivity contribution is -0.159. The molecular weight excluding hydrogens is 356 g/mol. The molecule has 0 unspecified atom stereocenters. The zero-order valence-electron chi connectivity index (χ0n) is 15.3. The first kappa shape index (κ1) is 18.1. The van der Waals surface area contributed by atoms with Crippen LogP contribution in [0.4, 0.5) is 0 Å². The predicted molar refractivity (Wildman–Crippen MR) is 100 cm³/mol. The Hall–Kier alpha value is -3.28. The van der Waals surface area contributed by atoms with Gasteiger partial charge >= 0.3 is 0 Å². The van der Waals surface area contributed by atoms with Crippen molar-refractivity contribution in [1.29, 1.82) is 0 Å². The van der Waals surface area contributed by atoms with Gasteiger partial charge in [-0.3, -0.25) is 29.0 Å². The van der Waals surface area contributed by atoms with Crippen LogP contribution in [0.3, 0.4) is 0 Å². The number of benzene rings is 2. The summed E-state index contributed by atoms with van der Waals surface area (Å²) in [5.74, 6) is -1.54. The average molecular weight is 376 g/mol. The standard InChI is InChI=1S/C22H20N2O4/c25-18-11-22(12-19(26)23(18)14-16-7-3-1-4-8-16)13-20(27)24(21(22)28)15-17-9-5-2-6-10-17/h1-10H,11-15H2. The number of piperidine rings is 1. The molecule has 0 saturated carbocycles. The second kappa shape index (κ2) is 7.03. The number of rotatable bonds is 4. The van der Waals surface area contributed by atoms with Crippen LogP contribution in [0, 0.1) is 5.41 Å². The molecule has 2 aliphatic rings. The van der Waals surface area contributed by atoms with Gasteiger partial charge in [-0.1, -0.05) is 60.7 Å². The van der Waals surface area contributed by atoms with E-state index in [0.29, 0.717) is 0 Å². The summed E-state index contributed by atoms with van der Waals surface area (Å²) in [6, 6.07) is 18.5. The summed E-state index contributed by atoms with van der Waals surface area (Å²) in [7, 11) is 0. The van der Waals surface area contributed by atoms with E-state index in [0.717, 1.165) is 11.1 Å². The lowest BCUT2D eigenvalue weighted by Gasteiger charge is -2.35. The second-order valence-electron chi connectivity index (χ2n) is 7.44. The molecule has 0 N–H and O–H groups in total. The van der Waals surface area contributed by atoms with E-state index in [2.05, 4.69) is 0 Å². The molecule has 0 bridgehead atoms. The highest BCUT2D eigenvalue weighted by Crippen LogP contribution is 2.43. The average Bonchev–Trinajstić information content (AvgIpc) is 2.90. The van der Waals surface area contributed by atoms with Crippen LogP contribution in [0.25, 0.3) is 0 Å².